The highest BCUT2D eigenvalue weighted by Gasteiger charge is 2.31. The Kier molecular flexibility index (Phi) is 5.42. The van der Waals surface area contributed by atoms with E-state index in [1.54, 1.807) is 4.90 Å². The Bertz CT molecular complexity index is 565. The van der Waals surface area contributed by atoms with Gasteiger partial charge >= 0.3 is 12.0 Å². The first-order valence-electron chi connectivity index (χ1n) is 7.35. The first-order valence-corrected chi connectivity index (χ1v) is 7.35. The number of amides is 2. The van der Waals surface area contributed by atoms with E-state index < -0.39 is 11.9 Å². The SMILES string of the molecule is C#CCC(Cc1ccccc1)NC(=O)N1CCC(C(=O)O)C1. The van der Waals surface area contributed by atoms with E-state index in [2.05, 4.69) is 11.2 Å². The standard InChI is InChI=1S/C17H20N2O3/c1-2-6-15(11-13-7-4-3-5-8-13)18-17(22)19-10-9-14(12-19)16(20)21/h1,3-5,7-8,14-15H,6,9-12H2,(H,18,22)(H,20,21). The number of nitrogens with zero attached hydrogens (tertiary/aromatic N) is 1. The van der Waals surface area contributed by atoms with Crippen LogP contribution in [0, 0.1) is 18.3 Å². The fourth-order valence-corrected chi connectivity index (χ4v) is 2.63. The van der Waals surface area contributed by atoms with Gasteiger partial charge in [-0.3, -0.25) is 4.79 Å². The molecule has 5 nitrogen and oxygen atoms in total. The van der Waals surface area contributed by atoms with Crippen LogP contribution in [0.4, 0.5) is 4.79 Å². The molecule has 0 aliphatic carbocycles. The van der Waals surface area contributed by atoms with Gasteiger partial charge in [0.1, 0.15) is 0 Å². The zero-order valence-corrected chi connectivity index (χ0v) is 12.4. The number of carboxylic acid groups (broad SMARTS) is 1. The average molecular weight is 300 g/mol. The van der Waals surface area contributed by atoms with E-state index >= 15 is 0 Å². The lowest BCUT2D eigenvalue weighted by Crippen LogP contribution is -2.44. The molecule has 1 aliphatic heterocycles. The van der Waals surface area contributed by atoms with Crippen LogP contribution in [0.15, 0.2) is 30.3 Å². The Morgan fingerprint density at radius 3 is 2.73 bits per heavy atom. The summed E-state index contributed by atoms with van der Waals surface area (Å²) in [5.74, 6) is 1.27. The van der Waals surface area contributed by atoms with Gasteiger partial charge in [-0.2, -0.15) is 0 Å². The summed E-state index contributed by atoms with van der Waals surface area (Å²) in [6.07, 6.45) is 6.98. The number of rotatable bonds is 5. The molecule has 1 saturated heterocycles. The predicted octanol–water partition coefficient (Wildman–Crippen LogP) is 1.74. The van der Waals surface area contributed by atoms with Crippen molar-refractivity contribution in [3.63, 3.8) is 0 Å². The summed E-state index contributed by atoms with van der Waals surface area (Å²) in [4.78, 5) is 24.7. The number of hydrogen-bond acceptors (Lipinski definition) is 2. The van der Waals surface area contributed by atoms with Gasteiger partial charge in [0, 0.05) is 25.6 Å². The fourth-order valence-electron chi connectivity index (χ4n) is 2.63. The summed E-state index contributed by atoms with van der Waals surface area (Å²) >= 11 is 0. The summed E-state index contributed by atoms with van der Waals surface area (Å²) in [5.41, 5.74) is 1.10. The minimum Gasteiger partial charge on any atom is -0.481 e. The second kappa shape index (κ2) is 7.51. The average Bonchev–Trinajstić information content (AvgIpc) is 2.98. The van der Waals surface area contributed by atoms with Gasteiger partial charge in [-0.05, 0) is 18.4 Å². The van der Waals surface area contributed by atoms with Crippen LogP contribution in [-0.4, -0.2) is 41.1 Å². The Balaban J connectivity index is 1.92. The largest absolute Gasteiger partial charge is 0.481 e. The van der Waals surface area contributed by atoms with Crippen molar-refractivity contribution in [2.45, 2.75) is 25.3 Å². The first-order chi connectivity index (χ1) is 10.6. The molecule has 0 saturated carbocycles. The van der Waals surface area contributed by atoms with E-state index in [9.17, 15) is 9.59 Å². The van der Waals surface area contributed by atoms with Crippen LogP contribution in [0.1, 0.15) is 18.4 Å². The van der Waals surface area contributed by atoms with Gasteiger partial charge in [0.2, 0.25) is 0 Å². The van der Waals surface area contributed by atoms with Gasteiger partial charge in [-0.1, -0.05) is 30.3 Å². The Labute approximate surface area is 130 Å². The van der Waals surface area contributed by atoms with Gasteiger partial charge < -0.3 is 15.3 Å². The quantitative estimate of drug-likeness (QED) is 0.814. The van der Waals surface area contributed by atoms with Crippen molar-refractivity contribution in [3.8, 4) is 12.3 Å². The van der Waals surface area contributed by atoms with E-state index in [1.165, 1.54) is 0 Å². The van der Waals surface area contributed by atoms with Gasteiger partial charge in [0.15, 0.2) is 0 Å². The number of carbonyl (C=O) groups is 2. The number of nitrogens with one attached hydrogen (secondary N) is 1. The normalized spacial score (nSPS) is 18.5. The minimum absolute atomic E-state index is 0.149. The third-order valence-electron chi connectivity index (χ3n) is 3.84. The highest BCUT2D eigenvalue weighted by Crippen LogP contribution is 2.16. The number of carbonyl (C=O) groups excluding carboxylic acids is 1. The molecule has 1 fully saturated rings. The molecule has 0 radical (unpaired) electrons. The molecule has 1 aromatic carbocycles. The van der Waals surface area contributed by atoms with Crippen LogP contribution in [0.2, 0.25) is 0 Å². The summed E-state index contributed by atoms with van der Waals surface area (Å²) in [6.45, 7) is 0.728. The van der Waals surface area contributed by atoms with Crippen LogP contribution in [0.25, 0.3) is 0 Å². The molecule has 5 heteroatoms. The Hall–Kier alpha value is -2.48. The number of terminal acetylenes is 1. The number of carboxylic acids is 1. The van der Waals surface area contributed by atoms with Crippen molar-refractivity contribution >= 4 is 12.0 Å². The lowest BCUT2D eigenvalue weighted by atomic mass is 10.0. The predicted molar refractivity (Wildman–Crippen MR) is 83.2 cm³/mol. The van der Waals surface area contributed by atoms with Gasteiger partial charge in [0.05, 0.1) is 5.92 Å². The fraction of sp³-hybridized carbons (Fsp3) is 0.412. The van der Waals surface area contributed by atoms with E-state index in [1.807, 2.05) is 30.3 Å². The molecule has 2 unspecified atom stereocenters. The zero-order valence-electron chi connectivity index (χ0n) is 12.4. The van der Waals surface area contributed by atoms with Crippen LogP contribution < -0.4 is 5.32 Å². The van der Waals surface area contributed by atoms with Gasteiger partial charge in [-0.25, -0.2) is 4.79 Å². The van der Waals surface area contributed by atoms with Crippen molar-refractivity contribution in [1.29, 1.82) is 0 Å². The Morgan fingerprint density at radius 1 is 1.41 bits per heavy atom. The van der Waals surface area contributed by atoms with Crippen molar-refractivity contribution in [1.82, 2.24) is 10.2 Å². The number of urea groups is 1. The summed E-state index contributed by atoms with van der Waals surface area (Å²) in [7, 11) is 0. The number of benzene rings is 1. The molecule has 116 valence electrons. The number of likely N-dealkylation sites (tertiary alicyclic amines) is 1. The summed E-state index contributed by atoms with van der Waals surface area (Å²) < 4.78 is 0. The maximum absolute atomic E-state index is 12.2. The van der Waals surface area contributed by atoms with Crippen LogP contribution in [0.3, 0.4) is 0 Å². The molecule has 2 atom stereocenters. The molecule has 2 amide bonds. The van der Waals surface area contributed by atoms with E-state index in [4.69, 9.17) is 11.5 Å². The molecule has 0 aromatic heterocycles. The molecular weight excluding hydrogens is 280 g/mol. The highest BCUT2D eigenvalue weighted by molar-refractivity contribution is 5.77. The van der Waals surface area contributed by atoms with Gasteiger partial charge in [0.25, 0.3) is 0 Å². The van der Waals surface area contributed by atoms with Crippen LogP contribution >= 0.6 is 0 Å². The molecular formula is C17H20N2O3. The van der Waals surface area contributed by atoms with Crippen molar-refractivity contribution < 1.29 is 14.7 Å². The minimum atomic E-state index is -0.847. The molecule has 0 spiro atoms. The topological polar surface area (TPSA) is 69.6 Å². The summed E-state index contributed by atoms with van der Waals surface area (Å²) in [6, 6.07) is 9.43. The number of aliphatic carboxylic acids is 1. The van der Waals surface area contributed by atoms with Crippen LogP contribution in [-0.2, 0) is 11.2 Å². The van der Waals surface area contributed by atoms with Crippen LogP contribution in [0.5, 0.6) is 0 Å². The van der Waals surface area contributed by atoms with E-state index in [-0.39, 0.29) is 18.6 Å². The van der Waals surface area contributed by atoms with Crippen molar-refractivity contribution in [3.05, 3.63) is 35.9 Å². The summed E-state index contributed by atoms with van der Waals surface area (Å²) in [5, 5.41) is 11.9. The molecule has 2 N–H and O–H groups in total. The molecule has 1 aliphatic rings. The highest BCUT2D eigenvalue weighted by atomic mass is 16.4. The third-order valence-corrected chi connectivity index (χ3v) is 3.84. The maximum atomic E-state index is 12.2. The Morgan fingerprint density at radius 2 is 2.14 bits per heavy atom. The molecule has 0 bridgehead atoms. The third kappa shape index (κ3) is 4.26. The second-order valence-electron chi connectivity index (χ2n) is 5.51. The lowest BCUT2D eigenvalue weighted by Gasteiger charge is -2.22. The monoisotopic (exact) mass is 300 g/mol. The lowest BCUT2D eigenvalue weighted by molar-refractivity contribution is -0.141. The molecule has 1 heterocycles. The zero-order chi connectivity index (χ0) is 15.9. The smallest absolute Gasteiger partial charge is 0.317 e. The number of hydrogen-bond donors (Lipinski definition) is 2. The van der Waals surface area contributed by atoms with Crippen molar-refractivity contribution in [2.75, 3.05) is 13.1 Å². The maximum Gasteiger partial charge on any atom is 0.317 e. The van der Waals surface area contributed by atoms with E-state index in [0.717, 1.165) is 5.56 Å². The van der Waals surface area contributed by atoms with E-state index in [0.29, 0.717) is 25.8 Å². The van der Waals surface area contributed by atoms with Gasteiger partial charge in [-0.15, -0.1) is 12.3 Å². The molecule has 2 rings (SSSR count). The van der Waals surface area contributed by atoms with Crippen molar-refractivity contribution in [2.24, 2.45) is 5.92 Å². The first kappa shape index (κ1) is 15.9. The molecule has 22 heavy (non-hydrogen) atoms. The second-order valence-corrected chi connectivity index (χ2v) is 5.51. The molecule has 1 aromatic rings.